The fourth-order valence-electron chi connectivity index (χ4n) is 6.33. The van der Waals surface area contributed by atoms with Crippen molar-refractivity contribution in [2.24, 2.45) is 0 Å². The van der Waals surface area contributed by atoms with E-state index in [2.05, 4.69) is 0 Å². The maximum absolute atomic E-state index is 13.7. The molecule has 242 valence electrons. The van der Waals surface area contributed by atoms with Gasteiger partial charge in [-0.1, -0.05) is 48.0 Å². The SMILES string of the molecule is Cc1ccc(S(=O)(=O)N2CCN(C(=O)COC(=O)c3c4c(nc5ccccc35)/C(=C/c3cccc([N+](=O)[O-])c3)CCC4)CC2)c(C)c1. The van der Waals surface area contributed by atoms with Crippen LogP contribution in [0, 0.1) is 24.0 Å². The van der Waals surface area contributed by atoms with Gasteiger partial charge in [0.2, 0.25) is 10.0 Å². The molecule has 1 saturated heterocycles. The van der Waals surface area contributed by atoms with E-state index in [1.165, 1.54) is 21.3 Å². The third-order valence-electron chi connectivity index (χ3n) is 8.66. The van der Waals surface area contributed by atoms with Crippen molar-refractivity contribution in [3.05, 3.63) is 110 Å². The van der Waals surface area contributed by atoms with E-state index in [0.29, 0.717) is 51.7 Å². The molecule has 1 aliphatic heterocycles. The first-order chi connectivity index (χ1) is 22.5. The van der Waals surface area contributed by atoms with Crippen molar-refractivity contribution in [1.29, 1.82) is 0 Å². The molecule has 1 fully saturated rings. The van der Waals surface area contributed by atoms with E-state index < -0.39 is 33.4 Å². The molecule has 0 unspecified atom stereocenters. The number of nitrogens with zero attached hydrogens (tertiary/aromatic N) is 4. The maximum Gasteiger partial charge on any atom is 0.339 e. The number of para-hydroxylation sites is 1. The number of non-ortho nitro benzene ring substituents is 1. The number of carbonyl (C=O) groups is 2. The number of nitro groups is 1. The number of fused-ring (bicyclic) bond motifs is 2. The Bertz CT molecular complexity index is 2050. The molecule has 0 atom stereocenters. The molecule has 1 amide bonds. The minimum Gasteiger partial charge on any atom is -0.452 e. The number of ether oxygens (including phenoxy) is 1. The number of piperazine rings is 1. The Labute approximate surface area is 272 Å². The van der Waals surface area contributed by atoms with E-state index in [4.69, 9.17) is 9.72 Å². The number of amides is 1. The summed E-state index contributed by atoms with van der Waals surface area (Å²) in [5.74, 6) is -1.04. The number of sulfonamides is 1. The Morgan fingerprint density at radius 3 is 2.49 bits per heavy atom. The van der Waals surface area contributed by atoms with Gasteiger partial charge in [-0.2, -0.15) is 4.31 Å². The van der Waals surface area contributed by atoms with Crippen LogP contribution < -0.4 is 0 Å². The Balaban J connectivity index is 1.19. The molecule has 2 heterocycles. The number of benzene rings is 3. The van der Waals surface area contributed by atoms with Gasteiger partial charge in [-0.25, -0.2) is 18.2 Å². The lowest BCUT2D eigenvalue weighted by molar-refractivity contribution is -0.384. The summed E-state index contributed by atoms with van der Waals surface area (Å²) in [6.07, 6.45) is 3.86. The normalized spacial score (nSPS) is 16.2. The predicted octanol–water partition coefficient (Wildman–Crippen LogP) is 5.33. The summed E-state index contributed by atoms with van der Waals surface area (Å²) in [5, 5.41) is 11.9. The van der Waals surface area contributed by atoms with Crippen molar-refractivity contribution < 1.29 is 27.7 Å². The van der Waals surface area contributed by atoms with Crippen LogP contribution in [0.1, 0.15) is 51.1 Å². The highest BCUT2D eigenvalue weighted by Crippen LogP contribution is 2.37. The van der Waals surface area contributed by atoms with Gasteiger partial charge < -0.3 is 9.64 Å². The molecule has 4 aromatic rings. The number of aromatic nitrogens is 1. The molecular weight excluding hydrogens is 620 g/mol. The van der Waals surface area contributed by atoms with Gasteiger partial charge in [0.15, 0.2) is 6.61 Å². The highest BCUT2D eigenvalue weighted by atomic mass is 32.2. The topological polar surface area (TPSA) is 140 Å². The van der Waals surface area contributed by atoms with Crippen LogP contribution in [0.25, 0.3) is 22.6 Å². The zero-order valence-electron chi connectivity index (χ0n) is 26.1. The summed E-state index contributed by atoms with van der Waals surface area (Å²) in [4.78, 5) is 44.4. The number of hydrogen-bond donors (Lipinski definition) is 0. The van der Waals surface area contributed by atoms with E-state index >= 15 is 0 Å². The Hall–Kier alpha value is -4.94. The second-order valence-corrected chi connectivity index (χ2v) is 13.7. The van der Waals surface area contributed by atoms with Crippen LogP contribution >= 0.6 is 0 Å². The summed E-state index contributed by atoms with van der Waals surface area (Å²) >= 11 is 0. The zero-order chi connectivity index (χ0) is 33.3. The smallest absolute Gasteiger partial charge is 0.339 e. The second kappa shape index (κ2) is 13.0. The van der Waals surface area contributed by atoms with Gasteiger partial charge in [0, 0.05) is 43.7 Å². The molecule has 2 aliphatic rings. The van der Waals surface area contributed by atoms with Gasteiger partial charge in [-0.05, 0) is 73.6 Å². The highest BCUT2D eigenvalue weighted by molar-refractivity contribution is 7.89. The van der Waals surface area contributed by atoms with Gasteiger partial charge in [0.05, 0.1) is 26.6 Å². The first kappa shape index (κ1) is 32.0. The molecule has 1 aliphatic carbocycles. The molecule has 1 aromatic heterocycles. The second-order valence-electron chi connectivity index (χ2n) is 11.8. The third kappa shape index (κ3) is 6.51. The van der Waals surface area contributed by atoms with E-state index in [0.717, 1.165) is 17.6 Å². The fraction of sp³-hybridized carbons (Fsp3) is 0.286. The van der Waals surface area contributed by atoms with Crippen molar-refractivity contribution in [2.75, 3.05) is 32.8 Å². The summed E-state index contributed by atoms with van der Waals surface area (Å²) in [7, 11) is -3.71. The summed E-state index contributed by atoms with van der Waals surface area (Å²) in [6.45, 7) is 3.83. The van der Waals surface area contributed by atoms with Crippen molar-refractivity contribution in [3.63, 3.8) is 0 Å². The number of esters is 1. The quantitative estimate of drug-likeness (QED) is 0.148. The molecule has 47 heavy (non-hydrogen) atoms. The lowest BCUT2D eigenvalue weighted by Gasteiger charge is -2.34. The highest BCUT2D eigenvalue weighted by Gasteiger charge is 2.32. The molecular formula is C35H34N4O7S. The first-order valence-corrected chi connectivity index (χ1v) is 16.9. The van der Waals surface area contributed by atoms with Crippen LogP contribution in [0.15, 0.2) is 71.6 Å². The largest absolute Gasteiger partial charge is 0.452 e. The molecule has 0 radical (unpaired) electrons. The standard InChI is InChI=1S/C35H34N4O7S/c1-23-13-14-31(24(2)19-23)47(44,45)38-17-15-37(16-18-38)32(40)22-46-35(41)33-28-10-3-4-12-30(28)36-34-26(8-6-11-29(33)34)20-25-7-5-9-27(21-25)39(42)43/h3-5,7,9-10,12-14,19-21H,6,8,11,15-18,22H2,1-2H3/b26-20+. The van der Waals surface area contributed by atoms with Crippen LogP contribution in [0.3, 0.4) is 0 Å². The van der Waals surface area contributed by atoms with Gasteiger partial charge in [-0.15, -0.1) is 0 Å². The van der Waals surface area contributed by atoms with E-state index in [1.807, 2.05) is 37.3 Å². The molecule has 6 rings (SSSR count). The molecule has 0 bridgehead atoms. The number of aryl methyl sites for hydroxylation is 2. The number of carbonyl (C=O) groups excluding carboxylic acids is 2. The van der Waals surface area contributed by atoms with Crippen molar-refractivity contribution >= 4 is 50.1 Å². The molecule has 11 nitrogen and oxygen atoms in total. The maximum atomic E-state index is 13.7. The number of allylic oxidation sites excluding steroid dienone is 1. The van der Waals surface area contributed by atoms with Gasteiger partial charge >= 0.3 is 5.97 Å². The number of pyridine rings is 1. The van der Waals surface area contributed by atoms with Crippen LogP contribution in [0.2, 0.25) is 0 Å². The van der Waals surface area contributed by atoms with Crippen LogP contribution in [-0.2, 0) is 26.0 Å². The summed E-state index contributed by atoms with van der Waals surface area (Å²) in [5.41, 5.74) is 5.46. The lowest BCUT2D eigenvalue weighted by atomic mass is 9.86. The van der Waals surface area contributed by atoms with Gasteiger partial charge in [0.1, 0.15) is 0 Å². The van der Waals surface area contributed by atoms with Gasteiger partial charge in [0.25, 0.3) is 11.6 Å². The van der Waals surface area contributed by atoms with Crippen molar-refractivity contribution in [1.82, 2.24) is 14.2 Å². The van der Waals surface area contributed by atoms with Crippen molar-refractivity contribution in [2.45, 2.75) is 38.0 Å². The van der Waals surface area contributed by atoms with Gasteiger partial charge in [-0.3, -0.25) is 14.9 Å². The van der Waals surface area contributed by atoms with Crippen LogP contribution in [0.5, 0.6) is 0 Å². The first-order valence-electron chi connectivity index (χ1n) is 15.4. The van der Waals surface area contributed by atoms with E-state index in [1.54, 1.807) is 37.3 Å². The van der Waals surface area contributed by atoms with Crippen LogP contribution in [0.4, 0.5) is 5.69 Å². The van der Waals surface area contributed by atoms with Crippen molar-refractivity contribution in [3.8, 4) is 0 Å². The molecule has 0 spiro atoms. The lowest BCUT2D eigenvalue weighted by Crippen LogP contribution is -2.51. The predicted molar refractivity (Wildman–Crippen MR) is 177 cm³/mol. The Kier molecular flexibility index (Phi) is 8.89. The monoisotopic (exact) mass is 654 g/mol. The Morgan fingerprint density at radius 2 is 1.74 bits per heavy atom. The summed E-state index contributed by atoms with van der Waals surface area (Å²) in [6, 6.07) is 18.8. The fourth-order valence-corrected chi connectivity index (χ4v) is 7.96. The molecule has 0 saturated carbocycles. The molecule has 3 aromatic carbocycles. The average Bonchev–Trinajstić information content (AvgIpc) is 3.06. The zero-order valence-corrected chi connectivity index (χ0v) is 27.0. The Morgan fingerprint density at radius 1 is 0.979 bits per heavy atom. The summed E-state index contributed by atoms with van der Waals surface area (Å²) < 4.78 is 33.6. The minimum absolute atomic E-state index is 0.0137. The number of nitro benzene ring substituents is 1. The van der Waals surface area contributed by atoms with E-state index in [9.17, 15) is 28.1 Å². The minimum atomic E-state index is -3.71. The number of hydrogen-bond acceptors (Lipinski definition) is 8. The van der Waals surface area contributed by atoms with Crippen LogP contribution in [-0.4, -0.2) is 72.2 Å². The molecule has 0 N–H and O–H groups in total. The average molecular weight is 655 g/mol. The third-order valence-corrected chi connectivity index (χ3v) is 10.7. The molecule has 12 heteroatoms. The number of rotatable bonds is 7. The van der Waals surface area contributed by atoms with E-state index in [-0.39, 0.29) is 36.8 Å².